The Kier molecular flexibility index (Phi) is 4.61. The highest BCUT2D eigenvalue weighted by Gasteiger charge is 2.49. The fraction of sp³-hybridized carbons (Fsp3) is 0.875. The van der Waals surface area contributed by atoms with E-state index in [0.29, 0.717) is 18.8 Å². The van der Waals surface area contributed by atoms with Gasteiger partial charge >= 0.3 is 0 Å². The Morgan fingerprint density at radius 2 is 2.00 bits per heavy atom. The van der Waals surface area contributed by atoms with E-state index in [-0.39, 0.29) is 23.9 Å². The van der Waals surface area contributed by atoms with Crippen LogP contribution in [0.3, 0.4) is 0 Å². The third kappa shape index (κ3) is 2.80. The summed E-state index contributed by atoms with van der Waals surface area (Å²) in [4.78, 5) is 29.7. The second kappa shape index (κ2) is 5.95. The maximum Gasteiger partial charge on any atom is 0.248 e. The van der Waals surface area contributed by atoms with Crippen molar-refractivity contribution in [3.63, 3.8) is 0 Å². The lowest BCUT2D eigenvalue weighted by molar-refractivity contribution is -0.160. The van der Waals surface area contributed by atoms with Crippen LogP contribution in [0.4, 0.5) is 0 Å². The van der Waals surface area contributed by atoms with E-state index in [0.717, 1.165) is 19.5 Å². The molecule has 4 unspecified atom stereocenters. The van der Waals surface area contributed by atoms with Crippen LogP contribution in [0.5, 0.6) is 0 Å². The van der Waals surface area contributed by atoms with Gasteiger partial charge in [0.2, 0.25) is 11.8 Å². The van der Waals surface area contributed by atoms with Crippen molar-refractivity contribution < 1.29 is 9.59 Å². The first kappa shape index (κ1) is 16.3. The summed E-state index contributed by atoms with van der Waals surface area (Å²) >= 11 is 0. The highest BCUT2D eigenvalue weighted by molar-refractivity contribution is 5.99. The van der Waals surface area contributed by atoms with E-state index in [4.69, 9.17) is 0 Å². The molecule has 0 aromatic rings. The van der Waals surface area contributed by atoms with E-state index < -0.39 is 5.54 Å². The number of piperazine rings is 1. The summed E-state index contributed by atoms with van der Waals surface area (Å²) in [7, 11) is 2.12. The number of carbonyl (C=O) groups excluding carboxylic acids is 2. The summed E-state index contributed by atoms with van der Waals surface area (Å²) in [6, 6.07) is -0.136. The quantitative estimate of drug-likeness (QED) is 0.852. The molecule has 0 aromatic carbocycles. The Balaban J connectivity index is 2.32. The van der Waals surface area contributed by atoms with Gasteiger partial charge in [0.25, 0.3) is 0 Å². The minimum absolute atomic E-state index is 0.00702. The Bertz CT molecular complexity index is 426. The molecule has 0 aromatic heterocycles. The normalized spacial score (nSPS) is 38.5. The van der Waals surface area contributed by atoms with Gasteiger partial charge in [-0.25, -0.2) is 0 Å². The third-order valence-corrected chi connectivity index (χ3v) is 5.26. The van der Waals surface area contributed by atoms with E-state index in [1.807, 2.05) is 25.7 Å². The van der Waals surface area contributed by atoms with E-state index in [2.05, 4.69) is 24.2 Å². The molecule has 4 atom stereocenters. The van der Waals surface area contributed by atoms with Gasteiger partial charge in [-0.3, -0.25) is 9.59 Å². The van der Waals surface area contributed by atoms with Crippen LogP contribution in [0, 0.1) is 5.92 Å². The Labute approximate surface area is 128 Å². The Hall–Kier alpha value is -1.10. The minimum Gasteiger partial charge on any atom is -0.340 e. The molecule has 2 aliphatic rings. The van der Waals surface area contributed by atoms with E-state index in [1.165, 1.54) is 0 Å². The van der Waals surface area contributed by atoms with Crippen LogP contribution in [-0.2, 0) is 9.59 Å². The molecule has 120 valence electrons. The molecule has 0 bridgehead atoms. The number of likely N-dealkylation sites (tertiary alicyclic amines) is 1. The first-order chi connectivity index (χ1) is 9.84. The van der Waals surface area contributed by atoms with Crippen molar-refractivity contribution in [3.8, 4) is 0 Å². The predicted octanol–water partition coefficient (Wildman–Crippen LogP) is 1.23. The average molecular weight is 295 g/mol. The van der Waals surface area contributed by atoms with Crippen LogP contribution >= 0.6 is 0 Å². The van der Waals surface area contributed by atoms with Crippen LogP contribution in [-0.4, -0.2) is 59.4 Å². The second-order valence-electron chi connectivity index (χ2n) is 6.91. The van der Waals surface area contributed by atoms with Gasteiger partial charge < -0.3 is 15.1 Å². The van der Waals surface area contributed by atoms with Crippen molar-refractivity contribution in [2.45, 2.75) is 64.6 Å². The van der Waals surface area contributed by atoms with Crippen LogP contribution in [0.25, 0.3) is 0 Å². The fourth-order valence-corrected chi connectivity index (χ4v) is 3.72. The maximum absolute atomic E-state index is 13.0. The van der Waals surface area contributed by atoms with E-state index >= 15 is 0 Å². The number of nitrogens with zero attached hydrogens (tertiary/aromatic N) is 2. The first-order valence-corrected chi connectivity index (χ1v) is 8.17. The molecule has 2 heterocycles. The van der Waals surface area contributed by atoms with Gasteiger partial charge in [-0.2, -0.15) is 0 Å². The van der Waals surface area contributed by atoms with E-state index in [1.54, 1.807) is 0 Å². The summed E-state index contributed by atoms with van der Waals surface area (Å²) in [5.41, 5.74) is -0.744. The third-order valence-electron chi connectivity index (χ3n) is 5.26. The lowest BCUT2D eigenvalue weighted by atomic mass is 9.85. The molecule has 2 saturated heterocycles. The van der Waals surface area contributed by atoms with Crippen molar-refractivity contribution >= 4 is 11.8 Å². The highest BCUT2D eigenvalue weighted by atomic mass is 16.2. The molecule has 0 saturated carbocycles. The lowest BCUT2D eigenvalue weighted by Crippen LogP contribution is -2.72. The fourth-order valence-electron chi connectivity index (χ4n) is 3.72. The number of piperidine rings is 1. The second-order valence-corrected chi connectivity index (χ2v) is 6.91. The van der Waals surface area contributed by atoms with Crippen molar-refractivity contribution in [1.29, 1.82) is 0 Å². The Morgan fingerprint density at radius 1 is 1.33 bits per heavy atom. The number of carbonyl (C=O) groups is 2. The van der Waals surface area contributed by atoms with Crippen molar-refractivity contribution in [2.75, 3.05) is 20.1 Å². The largest absolute Gasteiger partial charge is 0.340 e. The average Bonchev–Trinajstić information content (AvgIpc) is 2.43. The molecule has 0 aliphatic carbocycles. The molecule has 0 radical (unpaired) electrons. The summed E-state index contributed by atoms with van der Waals surface area (Å²) in [5.74, 6) is 0.499. The molecule has 2 aliphatic heterocycles. The summed E-state index contributed by atoms with van der Waals surface area (Å²) < 4.78 is 0. The zero-order valence-electron chi connectivity index (χ0n) is 14.0. The van der Waals surface area contributed by atoms with Crippen molar-refractivity contribution in [2.24, 2.45) is 5.92 Å². The zero-order valence-corrected chi connectivity index (χ0v) is 14.0. The smallest absolute Gasteiger partial charge is 0.248 e. The number of hydrogen-bond donors (Lipinski definition) is 1. The summed E-state index contributed by atoms with van der Waals surface area (Å²) in [6.45, 7) is 9.95. The van der Waals surface area contributed by atoms with Gasteiger partial charge in [-0.15, -0.1) is 0 Å². The molecule has 5 heteroatoms. The van der Waals surface area contributed by atoms with Crippen LogP contribution < -0.4 is 5.32 Å². The number of nitrogens with one attached hydrogen (secondary N) is 1. The zero-order chi connectivity index (χ0) is 15.8. The van der Waals surface area contributed by atoms with Crippen LogP contribution in [0.2, 0.25) is 0 Å². The maximum atomic E-state index is 13.0. The van der Waals surface area contributed by atoms with E-state index in [9.17, 15) is 9.59 Å². The van der Waals surface area contributed by atoms with Gasteiger partial charge in [-0.05, 0) is 45.7 Å². The molecular weight excluding hydrogens is 266 g/mol. The van der Waals surface area contributed by atoms with Gasteiger partial charge in [0.15, 0.2) is 0 Å². The standard InChI is InChI=1S/C16H29N3O2/c1-6-12-14(20)17-16(4,7-2)15(21)19(12)13-8-9-18(5)10-11(13)3/h11-13H,6-10H2,1-5H3,(H,17,20). The topological polar surface area (TPSA) is 52.7 Å². The monoisotopic (exact) mass is 295 g/mol. The molecule has 1 N–H and O–H groups in total. The molecule has 0 spiro atoms. The lowest BCUT2D eigenvalue weighted by Gasteiger charge is -2.50. The number of hydrogen-bond acceptors (Lipinski definition) is 3. The van der Waals surface area contributed by atoms with Crippen molar-refractivity contribution in [3.05, 3.63) is 0 Å². The summed E-state index contributed by atoms with van der Waals surface area (Å²) in [6.07, 6.45) is 2.26. The molecule has 2 amide bonds. The number of rotatable bonds is 3. The number of amides is 2. The molecule has 21 heavy (non-hydrogen) atoms. The van der Waals surface area contributed by atoms with Gasteiger partial charge in [-0.1, -0.05) is 20.8 Å². The first-order valence-electron chi connectivity index (χ1n) is 8.17. The molecular formula is C16H29N3O2. The van der Waals surface area contributed by atoms with Crippen LogP contribution in [0.1, 0.15) is 47.0 Å². The van der Waals surface area contributed by atoms with Crippen molar-refractivity contribution in [1.82, 2.24) is 15.1 Å². The van der Waals surface area contributed by atoms with Gasteiger partial charge in [0.05, 0.1) is 0 Å². The molecule has 2 rings (SSSR count). The summed E-state index contributed by atoms with van der Waals surface area (Å²) in [5, 5.41) is 2.95. The Morgan fingerprint density at radius 3 is 2.52 bits per heavy atom. The highest BCUT2D eigenvalue weighted by Crippen LogP contribution is 2.30. The predicted molar refractivity (Wildman–Crippen MR) is 82.8 cm³/mol. The van der Waals surface area contributed by atoms with Gasteiger partial charge in [0, 0.05) is 12.6 Å². The van der Waals surface area contributed by atoms with Gasteiger partial charge in [0.1, 0.15) is 11.6 Å². The molecule has 2 fully saturated rings. The van der Waals surface area contributed by atoms with Crippen LogP contribution in [0.15, 0.2) is 0 Å². The molecule has 5 nitrogen and oxygen atoms in total. The minimum atomic E-state index is -0.744. The SMILES string of the molecule is CCC1C(=O)NC(C)(CC)C(=O)N1C1CCN(C)CC1C.